The molecule has 4 N–H and O–H groups in total. The highest BCUT2D eigenvalue weighted by Gasteiger charge is 2.10. The summed E-state index contributed by atoms with van der Waals surface area (Å²) < 4.78 is 22.3. The summed E-state index contributed by atoms with van der Waals surface area (Å²) in [7, 11) is -3.72. The van der Waals surface area contributed by atoms with E-state index in [0.29, 0.717) is 13.0 Å². The van der Waals surface area contributed by atoms with Gasteiger partial charge in [-0.2, -0.15) is 0 Å². The van der Waals surface area contributed by atoms with E-state index in [1.807, 2.05) is 0 Å². The quantitative estimate of drug-likeness (QED) is 0.690. The number of aromatic nitrogens is 1. The Morgan fingerprint density at radius 3 is 2.29 bits per heavy atom. The fraction of sp³-hybridized carbons (Fsp3) is 0.133. The normalized spacial score (nSPS) is 11.0. The molecule has 24 heavy (non-hydrogen) atoms. The predicted molar refractivity (Wildman–Crippen MR) is 85.0 cm³/mol. The number of benzene rings is 1. The van der Waals surface area contributed by atoms with Crippen LogP contribution in [0, 0.1) is 0 Å². The van der Waals surface area contributed by atoms with Gasteiger partial charge in [0, 0.05) is 12.7 Å². The lowest BCUT2D eigenvalue weighted by Gasteiger charge is -2.06. The highest BCUT2D eigenvalue weighted by molar-refractivity contribution is 7.89. The van der Waals surface area contributed by atoms with E-state index in [9.17, 15) is 18.0 Å². The number of carbonyl (C=O) groups is 2. The number of carbonyl (C=O) groups excluding carboxylic acids is 1. The largest absolute Gasteiger partial charge is 0.478 e. The van der Waals surface area contributed by atoms with Gasteiger partial charge in [0.25, 0.3) is 5.91 Å². The molecule has 9 heteroatoms. The monoisotopic (exact) mass is 349 g/mol. The highest BCUT2D eigenvalue weighted by atomic mass is 32.2. The predicted octanol–water partition coefficient (Wildman–Crippen LogP) is 0.400. The summed E-state index contributed by atoms with van der Waals surface area (Å²) >= 11 is 0. The van der Waals surface area contributed by atoms with Crippen molar-refractivity contribution in [1.82, 2.24) is 10.3 Å². The maximum atomic E-state index is 11.9. The maximum Gasteiger partial charge on any atom is 0.337 e. The molecule has 0 fully saturated rings. The molecule has 0 saturated carbocycles. The molecule has 2 rings (SSSR count). The molecule has 1 aromatic carbocycles. The number of sulfonamides is 1. The van der Waals surface area contributed by atoms with Crippen LogP contribution in [-0.4, -0.2) is 36.9 Å². The SMILES string of the molecule is NS(=O)(=O)c1ccc(CCNC(=O)c2ccc(C(=O)O)cn2)cc1. The van der Waals surface area contributed by atoms with Crippen molar-refractivity contribution in [3.05, 3.63) is 59.4 Å². The summed E-state index contributed by atoms with van der Waals surface area (Å²) in [4.78, 5) is 26.4. The molecule has 1 amide bonds. The first-order chi connectivity index (χ1) is 11.3. The number of nitrogens with two attached hydrogens (primary N) is 1. The molecule has 2 aromatic rings. The summed E-state index contributed by atoms with van der Waals surface area (Å²) in [5.74, 6) is -1.54. The van der Waals surface area contributed by atoms with Crippen LogP contribution < -0.4 is 10.5 Å². The van der Waals surface area contributed by atoms with Gasteiger partial charge in [-0.15, -0.1) is 0 Å². The minimum absolute atomic E-state index is 0.00139. The fourth-order valence-electron chi connectivity index (χ4n) is 1.91. The molecule has 126 valence electrons. The number of hydrogen-bond donors (Lipinski definition) is 3. The number of primary sulfonamides is 1. The Morgan fingerprint density at radius 1 is 1.12 bits per heavy atom. The van der Waals surface area contributed by atoms with E-state index in [1.54, 1.807) is 12.1 Å². The van der Waals surface area contributed by atoms with E-state index in [4.69, 9.17) is 10.2 Å². The van der Waals surface area contributed by atoms with Gasteiger partial charge in [0.15, 0.2) is 0 Å². The molecule has 0 unspecified atom stereocenters. The van der Waals surface area contributed by atoms with E-state index in [1.165, 1.54) is 24.3 Å². The van der Waals surface area contributed by atoms with Crippen molar-refractivity contribution in [3.8, 4) is 0 Å². The maximum absolute atomic E-state index is 11.9. The molecule has 0 aliphatic carbocycles. The molecule has 0 spiro atoms. The Hall–Kier alpha value is -2.78. The average Bonchev–Trinajstić information content (AvgIpc) is 2.54. The van der Waals surface area contributed by atoms with Crippen LogP contribution in [0.3, 0.4) is 0 Å². The van der Waals surface area contributed by atoms with Crippen LogP contribution in [-0.2, 0) is 16.4 Å². The third-order valence-corrected chi connectivity index (χ3v) is 4.12. The number of carboxylic acids is 1. The third kappa shape index (κ3) is 4.61. The second-order valence-electron chi connectivity index (χ2n) is 4.93. The number of rotatable bonds is 6. The van der Waals surface area contributed by atoms with Crippen molar-refractivity contribution in [1.29, 1.82) is 0 Å². The summed E-state index contributed by atoms with van der Waals surface area (Å²) in [5, 5.41) is 16.4. The standard InChI is InChI=1S/C15H15N3O5S/c16-24(22,23)12-4-1-10(2-5-12)7-8-17-14(19)13-6-3-11(9-18-13)15(20)21/h1-6,9H,7-8H2,(H,17,19)(H,20,21)(H2,16,22,23). The molecule has 0 bridgehead atoms. The van der Waals surface area contributed by atoms with Gasteiger partial charge in [-0.05, 0) is 36.2 Å². The van der Waals surface area contributed by atoms with Crippen LogP contribution >= 0.6 is 0 Å². The number of nitrogens with zero attached hydrogens (tertiary/aromatic N) is 1. The van der Waals surface area contributed by atoms with Crippen LogP contribution in [0.25, 0.3) is 0 Å². The van der Waals surface area contributed by atoms with Crippen LogP contribution in [0.2, 0.25) is 0 Å². The summed E-state index contributed by atoms with van der Waals surface area (Å²) in [6.07, 6.45) is 1.60. The number of aromatic carboxylic acids is 1. The number of hydrogen-bond acceptors (Lipinski definition) is 5. The van der Waals surface area contributed by atoms with Gasteiger partial charge < -0.3 is 10.4 Å². The van der Waals surface area contributed by atoms with Gasteiger partial charge in [-0.1, -0.05) is 12.1 Å². The highest BCUT2D eigenvalue weighted by Crippen LogP contribution is 2.09. The van der Waals surface area contributed by atoms with E-state index in [0.717, 1.165) is 11.8 Å². The fourth-order valence-corrected chi connectivity index (χ4v) is 2.43. The first-order valence-corrected chi connectivity index (χ1v) is 8.41. The topological polar surface area (TPSA) is 139 Å². The minimum atomic E-state index is -3.72. The van der Waals surface area contributed by atoms with Gasteiger partial charge in [0.2, 0.25) is 10.0 Å². The van der Waals surface area contributed by atoms with E-state index >= 15 is 0 Å². The first kappa shape index (κ1) is 17.6. The van der Waals surface area contributed by atoms with E-state index < -0.39 is 21.9 Å². The van der Waals surface area contributed by atoms with Gasteiger partial charge in [0.05, 0.1) is 10.5 Å². The first-order valence-electron chi connectivity index (χ1n) is 6.86. The van der Waals surface area contributed by atoms with Gasteiger partial charge in [-0.3, -0.25) is 9.78 Å². The second kappa shape index (κ2) is 7.20. The zero-order chi connectivity index (χ0) is 17.7. The Morgan fingerprint density at radius 2 is 1.79 bits per heavy atom. The third-order valence-electron chi connectivity index (χ3n) is 3.19. The Bertz CT molecular complexity index is 846. The lowest BCUT2D eigenvalue weighted by molar-refractivity contribution is 0.0695. The Kier molecular flexibility index (Phi) is 5.27. The minimum Gasteiger partial charge on any atom is -0.478 e. The number of pyridine rings is 1. The van der Waals surface area contributed by atoms with Crippen molar-refractivity contribution < 1.29 is 23.1 Å². The zero-order valence-corrected chi connectivity index (χ0v) is 13.3. The smallest absolute Gasteiger partial charge is 0.337 e. The van der Waals surface area contributed by atoms with E-state index in [-0.39, 0.29) is 16.2 Å². The van der Waals surface area contributed by atoms with Crippen molar-refractivity contribution >= 4 is 21.9 Å². The lowest BCUT2D eigenvalue weighted by atomic mass is 10.1. The Balaban J connectivity index is 1.89. The van der Waals surface area contributed by atoms with Crippen molar-refractivity contribution in [3.63, 3.8) is 0 Å². The van der Waals surface area contributed by atoms with Crippen LogP contribution in [0.5, 0.6) is 0 Å². The summed E-state index contributed by atoms with van der Waals surface area (Å²) in [6, 6.07) is 8.67. The lowest BCUT2D eigenvalue weighted by Crippen LogP contribution is -2.26. The Labute approximate surface area is 138 Å². The molecule has 1 heterocycles. The molecule has 0 aliphatic rings. The number of amides is 1. The molecular weight excluding hydrogens is 334 g/mol. The van der Waals surface area contributed by atoms with Crippen molar-refractivity contribution in [2.45, 2.75) is 11.3 Å². The number of nitrogens with one attached hydrogen (secondary N) is 1. The molecule has 0 radical (unpaired) electrons. The zero-order valence-electron chi connectivity index (χ0n) is 12.5. The van der Waals surface area contributed by atoms with Crippen molar-refractivity contribution in [2.75, 3.05) is 6.54 Å². The molecule has 1 aromatic heterocycles. The molecule has 0 aliphatic heterocycles. The van der Waals surface area contributed by atoms with E-state index in [2.05, 4.69) is 10.3 Å². The molecular formula is C15H15N3O5S. The molecule has 8 nitrogen and oxygen atoms in total. The van der Waals surface area contributed by atoms with Crippen LogP contribution in [0.1, 0.15) is 26.4 Å². The molecule has 0 atom stereocenters. The van der Waals surface area contributed by atoms with Gasteiger partial charge in [-0.25, -0.2) is 18.4 Å². The van der Waals surface area contributed by atoms with Gasteiger partial charge in [0.1, 0.15) is 5.69 Å². The van der Waals surface area contributed by atoms with Crippen molar-refractivity contribution in [2.24, 2.45) is 5.14 Å². The van der Waals surface area contributed by atoms with Gasteiger partial charge >= 0.3 is 5.97 Å². The van der Waals surface area contributed by atoms with Crippen LogP contribution in [0.4, 0.5) is 0 Å². The average molecular weight is 349 g/mol. The van der Waals surface area contributed by atoms with Crippen LogP contribution in [0.15, 0.2) is 47.5 Å². The second-order valence-corrected chi connectivity index (χ2v) is 6.49. The summed E-state index contributed by atoms with van der Waals surface area (Å²) in [6.45, 7) is 0.315. The summed E-state index contributed by atoms with van der Waals surface area (Å²) in [5.41, 5.74) is 0.947. The molecule has 0 saturated heterocycles. The number of carboxylic acid groups (broad SMARTS) is 1.